The molecule has 0 aliphatic heterocycles. The molecule has 0 saturated heterocycles. The Morgan fingerprint density at radius 2 is 1.81 bits per heavy atom. The van der Waals surface area contributed by atoms with Crippen LogP contribution < -0.4 is 14.9 Å². The molecule has 0 fully saturated rings. The fourth-order valence-electron chi connectivity index (χ4n) is 2.94. The summed E-state index contributed by atoms with van der Waals surface area (Å²) in [5.41, 5.74) is 2.32. The van der Waals surface area contributed by atoms with Crippen molar-refractivity contribution in [2.45, 2.75) is 26.9 Å². The van der Waals surface area contributed by atoms with Crippen molar-refractivity contribution >= 4 is 16.9 Å². The summed E-state index contributed by atoms with van der Waals surface area (Å²) < 4.78 is 16.7. The zero-order valence-corrected chi connectivity index (χ0v) is 15.5. The molecular formula is C21H20O6. The summed E-state index contributed by atoms with van der Waals surface area (Å²) in [4.78, 5) is 24.4. The highest BCUT2D eigenvalue weighted by atomic mass is 16.5. The lowest BCUT2D eigenvalue weighted by Gasteiger charge is -2.15. The number of carboxylic acid groups (broad SMARTS) is 1. The van der Waals surface area contributed by atoms with E-state index in [4.69, 9.17) is 13.9 Å². The summed E-state index contributed by atoms with van der Waals surface area (Å²) in [6.07, 6.45) is -1.20. The fraction of sp³-hybridized carbons (Fsp3) is 0.238. The van der Waals surface area contributed by atoms with Crippen LogP contribution in [0.25, 0.3) is 22.3 Å². The number of ether oxygens (including phenoxy) is 2. The number of aryl methyl sites for hydroxylation is 2. The van der Waals surface area contributed by atoms with Gasteiger partial charge >= 0.3 is 5.97 Å². The molecule has 140 valence electrons. The second kappa shape index (κ2) is 7.15. The van der Waals surface area contributed by atoms with Crippen LogP contribution in [0.1, 0.15) is 18.1 Å². The maximum Gasteiger partial charge on any atom is 0.344 e. The molecule has 0 bridgehead atoms. The SMILES string of the molecule is COc1ccc(-c2oc3cc(C)cc(C)c3c(=O)c2O[C@H](C)C(=O)O)cc1. The van der Waals surface area contributed by atoms with Crippen molar-refractivity contribution in [1.29, 1.82) is 0 Å². The Morgan fingerprint density at radius 3 is 2.41 bits per heavy atom. The number of hydrogen-bond acceptors (Lipinski definition) is 5. The van der Waals surface area contributed by atoms with Gasteiger partial charge in [0.15, 0.2) is 11.9 Å². The molecule has 1 heterocycles. The maximum absolute atomic E-state index is 13.1. The number of hydrogen-bond donors (Lipinski definition) is 1. The Bertz CT molecular complexity index is 1060. The van der Waals surface area contributed by atoms with Crippen molar-refractivity contribution in [3.05, 3.63) is 57.7 Å². The number of methoxy groups -OCH3 is 1. The molecule has 3 aromatic rings. The van der Waals surface area contributed by atoms with Gasteiger partial charge in [0, 0.05) is 5.56 Å². The second-order valence-electron chi connectivity index (χ2n) is 6.37. The summed E-state index contributed by atoms with van der Waals surface area (Å²) in [5, 5.41) is 9.57. The lowest BCUT2D eigenvalue weighted by molar-refractivity contribution is -0.144. The van der Waals surface area contributed by atoms with Gasteiger partial charge in [-0.05, 0) is 62.2 Å². The topological polar surface area (TPSA) is 86.0 Å². The molecule has 0 aliphatic rings. The number of benzene rings is 2. The van der Waals surface area contributed by atoms with Crippen LogP contribution in [0.4, 0.5) is 0 Å². The summed E-state index contributed by atoms with van der Waals surface area (Å²) in [7, 11) is 1.56. The smallest absolute Gasteiger partial charge is 0.344 e. The lowest BCUT2D eigenvalue weighted by atomic mass is 10.0. The number of fused-ring (bicyclic) bond motifs is 1. The van der Waals surface area contributed by atoms with Gasteiger partial charge in [-0.25, -0.2) is 4.79 Å². The number of aliphatic carboxylic acids is 1. The van der Waals surface area contributed by atoms with E-state index in [1.807, 2.05) is 19.9 Å². The lowest BCUT2D eigenvalue weighted by Crippen LogP contribution is -2.26. The van der Waals surface area contributed by atoms with E-state index in [1.54, 1.807) is 37.4 Å². The van der Waals surface area contributed by atoms with Crippen molar-refractivity contribution in [3.63, 3.8) is 0 Å². The molecule has 2 aromatic carbocycles. The van der Waals surface area contributed by atoms with E-state index in [0.29, 0.717) is 22.3 Å². The molecule has 3 rings (SSSR count). The molecule has 1 atom stereocenters. The van der Waals surface area contributed by atoms with Gasteiger partial charge in [-0.15, -0.1) is 0 Å². The largest absolute Gasteiger partial charge is 0.497 e. The quantitative estimate of drug-likeness (QED) is 0.734. The molecule has 1 N–H and O–H groups in total. The molecule has 0 radical (unpaired) electrons. The van der Waals surface area contributed by atoms with E-state index in [9.17, 15) is 14.7 Å². The Hall–Kier alpha value is -3.28. The maximum atomic E-state index is 13.1. The van der Waals surface area contributed by atoms with Gasteiger partial charge < -0.3 is 19.0 Å². The van der Waals surface area contributed by atoms with Crippen LogP contribution in [0.3, 0.4) is 0 Å². The molecule has 6 nitrogen and oxygen atoms in total. The average Bonchev–Trinajstić information content (AvgIpc) is 2.63. The Labute approximate surface area is 156 Å². The van der Waals surface area contributed by atoms with Crippen LogP contribution in [-0.4, -0.2) is 24.3 Å². The zero-order valence-electron chi connectivity index (χ0n) is 15.5. The highest BCUT2D eigenvalue weighted by Crippen LogP contribution is 2.33. The molecule has 0 aliphatic carbocycles. The van der Waals surface area contributed by atoms with Gasteiger partial charge in [0.25, 0.3) is 0 Å². The Morgan fingerprint density at radius 1 is 1.15 bits per heavy atom. The van der Waals surface area contributed by atoms with Crippen LogP contribution in [-0.2, 0) is 4.79 Å². The van der Waals surface area contributed by atoms with Gasteiger partial charge in [0.1, 0.15) is 11.3 Å². The van der Waals surface area contributed by atoms with Crippen molar-refractivity contribution in [2.24, 2.45) is 0 Å². The highest BCUT2D eigenvalue weighted by molar-refractivity contribution is 5.85. The van der Waals surface area contributed by atoms with Crippen molar-refractivity contribution in [1.82, 2.24) is 0 Å². The second-order valence-corrected chi connectivity index (χ2v) is 6.37. The summed E-state index contributed by atoms with van der Waals surface area (Å²) >= 11 is 0. The van der Waals surface area contributed by atoms with Crippen molar-refractivity contribution in [3.8, 4) is 22.8 Å². The third kappa shape index (κ3) is 3.51. The van der Waals surface area contributed by atoms with E-state index < -0.39 is 17.5 Å². The van der Waals surface area contributed by atoms with Gasteiger partial charge in [0.2, 0.25) is 11.2 Å². The summed E-state index contributed by atoms with van der Waals surface area (Å²) in [6, 6.07) is 10.6. The standard InChI is InChI=1S/C21H20O6/c1-11-9-12(2)17-16(10-11)27-19(14-5-7-15(25-4)8-6-14)20(18(17)22)26-13(3)21(23)24/h5-10,13H,1-4H3,(H,23,24)/t13-/m1/s1. The predicted octanol–water partition coefficient (Wildman–Crippen LogP) is 3.94. The van der Waals surface area contributed by atoms with Crippen LogP contribution in [0.5, 0.6) is 11.5 Å². The van der Waals surface area contributed by atoms with Gasteiger partial charge in [-0.1, -0.05) is 6.07 Å². The number of rotatable bonds is 5. The monoisotopic (exact) mass is 368 g/mol. The minimum Gasteiger partial charge on any atom is -0.497 e. The molecule has 0 saturated carbocycles. The van der Waals surface area contributed by atoms with E-state index in [2.05, 4.69) is 0 Å². The van der Waals surface area contributed by atoms with E-state index in [1.165, 1.54) is 6.92 Å². The summed E-state index contributed by atoms with van der Waals surface area (Å²) in [6.45, 7) is 5.09. The molecule has 0 unspecified atom stereocenters. The Kier molecular flexibility index (Phi) is 4.90. The third-order valence-electron chi connectivity index (χ3n) is 4.29. The van der Waals surface area contributed by atoms with Crippen molar-refractivity contribution in [2.75, 3.05) is 7.11 Å². The normalized spacial score (nSPS) is 12.0. The van der Waals surface area contributed by atoms with Gasteiger partial charge in [0.05, 0.1) is 12.5 Å². The van der Waals surface area contributed by atoms with Crippen LogP contribution in [0, 0.1) is 13.8 Å². The first-order valence-electron chi connectivity index (χ1n) is 8.43. The van der Waals surface area contributed by atoms with Crippen molar-refractivity contribution < 1.29 is 23.8 Å². The predicted molar refractivity (Wildman–Crippen MR) is 102 cm³/mol. The third-order valence-corrected chi connectivity index (χ3v) is 4.29. The van der Waals surface area contributed by atoms with E-state index in [0.717, 1.165) is 11.1 Å². The zero-order chi connectivity index (χ0) is 19.7. The van der Waals surface area contributed by atoms with Gasteiger partial charge in [-0.3, -0.25) is 4.79 Å². The molecule has 6 heteroatoms. The molecule has 1 aromatic heterocycles. The first-order valence-corrected chi connectivity index (χ1v) is 8.43. The highest BCUT2D eigenvalue weighted by Gasteiger charge is 2.23. The van der Waals surface area contributed by atoms with E-state index in [-0.39, 0.29) is 11.5 Å². The molecular weight excluding hydrogens is 348 g/mol. The fourth-order valence-corrected chi connectivity index (χ4v) is 2.94. The Balaban J connectivity index is 2.31. The first-order chi connectivity index (χ1) is 12.8. The number of carboxylic acids is 1. The summed E-state index contributed by atoms with van der Waals surface area (Å²) in [5.74, 6) is -0.450. The first kappa shape index (κ1) is 18.5. The minimum atomic E-state index is -1.20. The van der Waals surface area contributed by atoms with E-state index >= 15 is 0 Å². The van der Waals surface area contributed by atoms with Gasteiger partial charge in [-0.2, -0.15) is 0 Å². The van der Waals surface area contributed by atoms with Crippen LogP contribution >= 0.6 is 0 Å². The van der Waals surface area contributed by atoms with Crippen LogP contribution in [0.2, 0.25) is 0 Å². The number of carbonyl (C=O) groups is 1. The average molecular weight is 368 g/mol. The molecule has 0 spiro atoms. The molecule has 0 amide bonds. The van der Waals surface area contributed by atoms with Crippen LogP contribution in [0.15, 0.2) is 45.6 Å². The molecule has 27 heavy (non-hydrogen) atoms. The minimum absolute atomic E-state index is 0.116.